The maximum absolute atomic E-state index is 14.5. The van der Waals surface area contributed by atoms with Crippen LogP contribution in [0.5, 0.6) is 17.2 Å². The Hall–Kier alpha value is -5.49. The lowest BCUT2D eigenvalue weighted by atomic mass is 9.55. The molecule has 11 heteroatoms. The average Bonchev–Trinajstić information content (AvgIpc) is 3.27. The van der Waals surface area contributed by atoms with Crippen molar-refractivity contribution in [2.45, 2.75) is 75.7 Å². The minimum Gasteiger partial charge on any atom is -0.459 e. The molecular formula is C50H57FN2O8. The molecule has 61 heavy (non-hydrogen) atoms. The highest BCUT2D eigenvalue weighted by Gasteiger charge is 2.65. The smallest absolute Gasteiger partial charge is 0.410 e. The van der Waals surface area contributed by atoms with E-state index in [1.54, 1.807) is 29.2 Å². The maximum atomic E-state index is 14.5. The van der Waals surface area contributed by atoms with E-state index >= 15 is 0 Å². The van der Waals surface area contributed by atoms with Gasteiger partial charge in [0.05, 0.1) is 24.8 Å². The van der Waals surface area contributed by atoms with Crippen molar-refractivity contribution in [3.8, 4) is 17.2 Å². The molecule has 2 aliphatic carbocycles. The van der Waals surface area contributed by atoms with Gasteiger partial charge in [-0.1, -0.05) is 78.7 Å². The first-order chi connectivity index (χ1) is 29.8. The first kappa shape index (κ1) is 43.6. The second kappa shape index (κ2) is 20.4. The fraction of sp³-hybridized carbons (Fsp3) is 0.400. The van der Waals surface area contributed by atoms with E-state index in [4.69, 9.17) is 23.8 Å². The number of carbonyl (C=O) groups is 1. The van der Waals surface area contributed by atoms with Gasteiger partial charge in [0.1, 0.15) is 36.2 Å². The van der Waals surface area contributed by atoms with E-state index < -0.39 is 29.7 Å². The van der Waals surface area contributed by atoms with Crippen LogP contribution in [0.25, 0.3) is 10.8 Å². The van der Waals surface area contributed by atoms with Gasteiger partial charge < -0.3 is 34.0 Å². The van der Waals surface area contributed by atoms with Crippen LogP contribution in [-0.2, 0) is 20.9 Å². The molecule has 0 saturated heterocycles. The predicted octanol–water partition coefficient (Wildman–Crippen LogP) is 10.2. The van der Waals surface area contributed by atoms with Crippen LogP contribution in [0, 0.1) is 23.6 Å². The zero-order valence-electron chi connectivity index (χ0n) is 34.9. The van der Waals surface area contributed by atoms with Crippen molar-refractivity contribution in [1.29, 1.82) is 0 Å². The standard InChI is InChI=1S/C50H57FN2O8/c1-4-6-28-58-49(56)53(33-34-17-20-38(51)21-18-34)46-32-44(52-57-3)42-30-37(15-9-11-25-54)41(16-10-12-26-55)47-43-31-40(60-39-22-19-35-13-7-8-14-36(35)29-39)23-24-45(43)61-50(46,48(42)47)59-27-5-2/h4-5,7-8,13-14,17-24,29-31,37,41,46-48,54-55H,1-2,6,9-12,15-16,25-28,32-33H2,3H3. The summed E-state index contributed by atoms with van der Waals surface area (Å²) in [6.45, 7) is 8.25. The van der Waals surface area contributed by atoms with Crippen LogP contribution in [-0.4, -0.2) is 72.3 Å². The van der Waals surface area contributed by atoms with Gasteiger partial charge in [0.15, 0.2) is 0 Å². The Morgan fingerprint density at radius 2 is 1.67 bits per heavy atom. The van der Waals surface area contributed by atoms with Gasteiger partial charge in [-0.3, -0.25) is 4.90 Å². The Balaban J connectivity index is 1.43. The van der Waals surface area contributed by atoms with Crippen molar-refractivity contribution >= 4 is 22.6 Å². The number of rotatable bonds is 20. The van der Waals surface area contributed by atoms with E-state index in [2.05, 4.69) is 42.6 Å². The first-order valence-corrected chi connectivity index (χ1v) is 21.4. The summed E-state index contributed by atoms with van der Waals surface area (Å²) in [4.78, 5) is 21.7. The molecule has 0 aromatic heterocycles. The zero-order chi connectivity index (χ0) is 42.8. The SMILES string of the molecule is C=CCCOC(=O)N(Cc1ccc(F)cc1)C1CC(=NOC)C2=CC(CCCCO)C(CCCCO)C3c4cc(Oc5ccc6ccccc6c5)ccc4OC1(OCC=C)C23. The summed E-state index contributed by atoms with van der Waals surface area (Å²) < 4.78 is 41.1. The lowest BCUT2D eigenvalue weighted by Gasteiger charge is -2.59. The molecule has 2 N–H and O–H groups in total. The highest BCUT2D eigenvalue weighted by molar-refractivity contribution is 6.03. The van der Waals surface area contributed by atoms with Gasteiger partial charge in [0.25, 0.3) is 0 Å². The molecule has 1 fully saturated rings. The maximum Gasteiger partial charge on any atom is 0.410 e. The van der Waals surface area contributed by atoms with Gasteiger partial charge in [-0.15, -0.1) is 13.2 Å². The molecule has 0 bridgehead atoms. The lowest BCUT2D eigenvalue weighted by Crippen LogP contribution is -2.70. The number of ether oxygens (including phenoxy) is 4. The third-order valence-electron chi connectivity index (χ3n) is 12.2. The van der Waals surface area contributed by atoms with Crippen molar-refractivity contribution in [2.24, 2.45) is 22.9 Å². The minimum absolute atomic E-state index is 0.0249. The number of carbonyl (C=O) groups excluding carboxylic acids is 1. The Morgan fingerprint density at radius 1 is 0.934 bits per heavy atom. The summed E-state index contributed by atoms with van der Waals surface area (Å²) in [5.74, 6) is -0.632. The number of hydrogen-bond donors (Lipinski definition) is 2. The molecule has 1 amide bonds. The molecule has 10 nitrogen and oxygen atoms in total. The van der Waals surface area contributed by atoms with E-state index in [1.165, 1.54) is 19.2 Å². The van der Waals surface area contributed by atoms with Gasteiger partial charge in [-0.25, -0.2) is 9.18 Å². The number of halogens is 1. The molecule has 6 unspecified atom stereocenters. The second-order valence-corrected chi connectivity index (χ2v) is 16.0. The quantitative estimate of drug-likeness (QED) is 0.0513. The van der Waals surface area contributed by atoms with Crippen LogP contribution in [0.2, 0.25) is 0 Å². The summed E-state index contributed by atoms with van der Waals surface area (Å²) in [5.41, 5.74) is 3.18. The van der Waals surface area contributed by atoms with E-state index in [0.717, 1.165) is 47.6 Å². The number of allylic oxidation sites excluding steroid dienone is 1. The molecular weight excluding hydrogens is 776 g/mol. The number of oxime groups is 1. The number of unbranched alkanes of at least 4 members (excludes halogenated alkanes) is 2. The largest absolute Gasteiger partial charge is 0.459 e. The van der Waals surface area contributed by atoms with Gasteiger partial charge >= 0.3 is 6.09 Å². The highest BCUT2D eigenvalue weighted by Crippen LogP contribution is 2.62. The van der Waals surface area contributed by atoms with Crippen LogP contribution in [0.1, 0.15) is 68.4 Å². The van der Waals surface area contributed by atoms with Gasteiger partial charge in [-0.05, 0) is 108 Å². The summed E-state index contributed by atoms with van der Waals surface area (Å²) in [6.07, 6.45) is 10.2. The fourth-order valence-electron chi connectivity index (χ4n) is 9.59. The Kier molecular flexibility index (Phi) is 14.6. The van der Waals surface area contributed by atoms with Crippen molar-refractivity contribution in [3.63, 3.8) is 0 Å². The van der Waals surface area contributed by atoms with Crippen LogP contribution in [0.15, 0.2) is 127 Å². The van der Waals surface area contributed by atoms with Crippen LogP contribution in [0.4, 0.5) is 9.18 Å². The van der Waals surface area contributed by atoms with Crippen molar-refractivity contribution in [2.75, 3.05) is 33.5 Å². The van der Waals surface area contributed by atoms with E-state index in [-0.39, 0.29) is 57.1 Å². The zero-order valence-corrected chi connectivity index (χ0v) is 34.9. The number of aliphatic hydroxyl groups excluding tert-OH is 2. The average molecular weight is 833 g/mol. The van der Waals surface area contributed by atoms with Crippen LogP contribution >= 0.6 is 0 Å². The number of benzene rings is 4. The fourth-order valence-corrected chi connectivity index (χ4v) is 9.59. The molecule has 7 rings (SSSR count). The first-order valence-electron chi connectivity index (χ1n) is 21.4. The molecule has 0 spiro atoms. The minimum atomic E-state index is -1.49. The molecule has 1 saturated carbocycles. The molecule has 322 valence electrons. The molecule has 1 aliphatic heterocycles. The van der Waals surface area contributed by atoms with Crippen molar-refractivity contribution in [1.82, 2.24) is 4.90 Å². The van der Waals surface area contributed by atoms with Gasteiger partial charge in [0, 0.05) is 37.7 Å². The summed E-state index contributed by atoms with van der Waals surface area (Å²) in [5, 5.41) is 26.7. The number of hydrogen-bond acceptors (Lipinski definition) is 9. The topological polar surface area (TPSA) is 119 Å². The molecule has 1 heterocycles. The molecule has 6 atom stereocenters. The summed E-state index contributed by atoms with van der Waals surface area (Å²) >= 11 is 0. The van der Waals surface area contributed by atoms with Crippen LogP contribution < -0.4 is 9.47 Å². The molecule has 4 aromatic carbocycles. The highest BCUT2D eigenvalue weighted by atomic mass is 19.1. The van der Waals surface area contributed by atoms with E-state index in [0.29, 0.717) is 47.8 Å². The number of nitrogens with zero attached hydrogens (tertiary/aromatic N) is 2. The molecule has 3 aliphatic rings. The van der Waals surface area contributed by atoms with E-state index in [1.807, 2.05) is 42.5 Å². The Labute approximate surface area is 357 Å². The number of amides is 1. The number of aliphatic hydroxyl groups is 2. The molecule has 0 radical (unpaired) electrons. The third kappa shape index (κ3) is 9.54. The summed E-state index contributed by atoms with van der Waals surface area (Å²) in [7, 11) is 1.51. The monoisotopic (exact) mass is 832 g/mol. The third-order valence-corrected chi connectivity index (χ3v) is 12.2. The molecule has 4 aromatic rings. The number of fused-ring (bicyclic) bond motifs is 3. The lowest BCUT2D eigenvalue weighted by molar-refractivity contribution is -0.256. The Bertz CT molecular complexity index is 2210. The summed E-state index contributed by atoms with van der Waals surface area (Å²) in [6, 6.07) is 25.3. The van der Waals surface area contributed by atoms with Gasteiger partial charge in [0.2, 0.25) is 5.79 Å². The van der Waals surface area contributed by atoms with Crippen LogP contribution in [0.3, 0.4) is 0 Å². The van der Waals surface area contributed by atoms with Gasteiger partial charge in [-0.2, -0.15) is 0 Å². The van der Waals surface area contributed by atoms with E-state index in [9.17, 15) is 19.4 Å². The second-order valence-electron chi connectivity index (χ2n) is 16.0. The predicted molar refractivity (Wildman–Crippen MR) is 234 cm³/mol. The van der Waals surface area contributed by atoms with Crippen molar-refractivity contribution in [3.05, 3.63) is 139 Å². The van der Waals surface area contributed by atoms with Crippen molar-refractivity contribution < 1.29 is 43.2 Å². The normalized spacial score (nSPS) is 23.2. The Morgan fingerprint density at radius 3 is 2.41 bits per heavy atom.